The number of ether oxygens (including phenoxy) is 2. The molecule has 4 aromatic rings. The summed E-state index contributed by atoms with van der Waals surface area (Å²) < 4.78 is 26.2. The summed E-state index contributed by atoms with van der Waals surface area (Å²) in [5.41, 5.74) is 4.00. The third-order valence-corrected chi connectivity index (χ3v) is 6.03. The summed E-state index contributed by atoms with van der Waals surface area (Å²) in [7, 11) is 1.64. The second-order valence-electron chi connectivity index (χ2n) is 7.17. The van der Waals surface area contributed by atoms with Crippen molar-refractivity contribution in [1.29, 1.82) is 0 Å². The van der Waals surface area contributed by atoms with E-state index in [0.717, 1.165) is 27.5 Å². The van der Waals surface area contributed by atoms with E-state index in [-0.39, 0.29) is 11.8 Å². The van der Waals surface area contributed by atoms with Crippen LogP contribution in [0.3, 0.4) is 0 Å². The summed E-state index contributed by atoms with van der Waals surface area (Å²) >= 11 is 1.59. The molecule has 0 saturated carbocycles. The lowest BCUT2D eigenvalue weighted by Gasteiger charge is -2.10. The van der Waals surface area contributed by atoms with Gasteiger partial charge in [-0.05, 0) is 60.5 Å². The van der Waals surface area contributed by atoms with E-state index in [2.05, 4.69) is 0 Å². The van der Waals surface area contributed by atoms with E-state index in [4.69, 9.17) is 14.5 Å². The number of carbonyl (C=O) groups excluding carboxylic acids is 1. The van der Waals surface area contributed by atoms with Gasteiger partial charge in [0.1, 0.15) is 11.6 Å². The van der Waals surface area contributed by atoms with Crippen LogP contribution in [0.15, 0.2) is 71.9 Å². The molecule has 0 aliphatic heterocycles. The van der Waals surface area contributed by atoms with E-state index >= 15 is 0 Å². The average Bonchev–Trinajstić information content (AvgIpc) is 3.14. The highest BCUT2D eigenvalue weighted by atomic mass is 32.2. The fourth-order valence-corrected chi connectivity index (χ4v) is 4.37. The van der Waals surface area contributed by atoms with E-state index in [0.29, 0.717) is 30.0 Å². The monoisotopic (exact) mass is 450 g/mol. The van der Waals surface area contributed by atoms with Crippen molar-refractivity contribution in [2.45, 2.75) is 24.4 Å². The van der Waals surface area contributed by atoms with Crippen molar-refractivity contribution < 1.29 is 18.7 Å². The highest BCUT2D eigenvalue weighted by molar-refractivity contribution is 7.98. The molecule has 0 atom stereocenters. The van der Waals surface area contributed by atoms with Gasteiger partial charge < -0.3 is 14.0 Å². The van der Waals surface area contributed by atoms with Gasteiger partial charge in [0.25, 0.3) is 0 Å². The minimum Gasteiger partial charge on any atom is -0.497 e. The van der Waals surface area contributed by atoms with Crippen molar-refractivity contribution in [3.63, 3.8) is 0 Å². The number of hydrogen-bond acceptors (Lipinski definition) is 5. The number of fused-ring (bicyclic) bond motifs is 1. The topological polar surface area (TPSA) is 53.4 Å². The summed E-state index contributed by atoms with van der Waals surface area (Å²) in [6, 6.07) is 19.8. The van der Waals surface area contributed by atoms with Gasteiger partial charge in [-0.1, -0.05) is 36.0 Å². The van der Waals surface area contributed by atoms with Gasteiger partial charge in [-0.3, -0.25) is 0 Å². The van der Waals surface area contributed by atoms with Crippen LogP contribution in [0.25, 0.3) is 11.0 Å². The number of nitrogens with zero attached hydrogens (tertiary/aromatic N) is 2. The van der Waals surface area contributed by atoms with E-state index in [9.17, 15) is 9.18 Å². The number of methoxy groups -OCH3 is 1. The van der Waals surface area contributed by atoms with Crippen LogP contribution in [0.2, 0.25) is 0 Å². The molecule has 0 aliphatic rings. The lowest BCUT2D eigenvalue weighted by molar-refractivity contribution is 0.0526. The number of halogens is 1. The summed E-state index contributed by atoms with van der Waals surface area (Å²) in [4.78, 5) is 16.9. The Morgan fingerprint density at radius 3 is 2.59 bits per heavy atom. The van der Waals surface area contributed by atoms with Gasteiger partial charge in [-0.2, -0.15) is 0 Å². The summed E-state index contributed by atoms with van der Waals surface area (Å²) in [5.74, 6) is 0.871. The molecule has 0 amide bonds. The van der Waals surface area contributed by atoms with Gasteiger partial charge in [0.05, 0.1) is 36.9 Å². The molecule has 7 heteroatoms. The van der Waals surface area contributed by atoms with Crippen LogP contribution in [0, 0.1) is 5.82 Å². The predicted molar refractivity (Wildman–Crippen MR) is 124 cm³/mol. The normalized spacial score (nSPS) is 11.0. The molecule has 0 radical (unpaired) electrons. The summed E-state index contributed by atoms with van der Waals surface area (Å²) in [6.07, 6.45) is 0. The zero-order valence-electron chi connectivity index (χ0n) is 17.9. The molecule has 0 fully saturated rings. The molecular formula is C25H23FN2O3S. The fraction of sp³-hybridized carbons (Fsp3) is 0.200. The van der Waals surface area contributed by atoms with Crippen molar-refractivity contribution >= 4 is 28.8 Å². The highest BCUT2D eigenvalue weighted by Gasteiger charge is 2.15. The molecule has 0 N–H and O–H groups in total. The summed E-state index contributed by atoms with van der Waals surface area (Å²) in [6.45, 7) is 2.56. The van der Waals surface area contributed by atoms with Crippen molar-refractivity contribution in [3.8, 4) is 5.75 Å². The first-order chi connectivity index (χ1) is 15.6. The second-order valence-corrected chi connectivity index (χ2v) is 8.11. The Morgan fingerprint density at radius 2 is 1.88 bits per heavy atom. The van der Waals surface area contributed by atoms with Crippen LogP contribution >= 0.6 is 11.8 Å². The SMILES string of the molecule is CCOC(=O)c1ccc2c(c1)nc(SCc1ccc(OC)cc1)n2Cc1cccc(F)c1. The van der Waals surface area contributed by atoms with Gasteiger partial charge in [0.2, 0.25) is 0 Å². The van der Waals surface area contributed by atoms with Crippen molar-refractivity contribution in [3.05, 3.63) is 89.2 Å². The number of imidazole rings is 1. The minimum atomic E-state index is -0.374. The van der Waals surface area contributed by atoms with Gasteiger partial charge >= 0.3 is 5.97 Å². The van der Waals surface area contributed by atoms with E-state index in [1.807, 2.05) is 41.0 Å². The fourth-order valence-electron chi connectivity index (χ4n) is 3.40. The molecule has 1 heterocycles. The van der Waals surface area contributed by atoms with Gasteiger partial charge in [-0.15, -0.1) is 0 Å². The van der Waals surface area contributed by atoms with Crippen LogP contribution in [0.5, 0.6) is 5.75 Å². The molecule has 0 unspecified atom stereocenters. The Bertz CT molecular complexity index is 1240. The number of carbonyl (C=O) groups is 1. The molecule has 1 aromatic heterocycles. The van der Waals surface area contributed by atoms with Crippen molar-refractivity contribution in [2.75, 3.05) is 13.7 Å². The Hall–Kier alpha value is -3.32. The first kappa shape index (κ1) is 21.9. The van der Waals surface area contributed by atoms with Crippen molar-refractivity contribution in [2.24, 2.45) is 0 Å². The van der Waals surface area contributed by atoms with Gasteiger partial charge in [-0.25, -0.2) is 14.2 Å². The standard InChI is InChI=1S/C25H23FN2O3S/c1-3-31-24(29)19-9-12-23-22(14-19)27-25(28(23)15-18-5-4-6-20(26)13-18)32-16-17-7-10-21(30-2)11-8-17/h4-14H,3,15-16H2,1-2H3. The second kappa shape index (κ2) is 9.87. The van der Waals surface area contributed by atoms with Crippen LogP contribution in [-0.2, 0) is 17.0 Å². The molecule has 0 saturated heterocycles. The van der Waals surface area contributed by atoms with E-state index in [1.54, 1.807) is 44.0 Å². The van der Waals surface area contributed by atoms with E-state index < -0.39 is 0 Å². The van der Waals surface area contributed by atoms with Crippen molar-refractivity contribution in [1.82, 2.24) is 9.55 Å². The molecule has 0 spiro atoms. The average molecular weight is 451 g/mol. The molecule has 5 nitrogen and oxygen atoms in total. The van der Waals surface area contributed by atoms with Crippen LogP contribution in [-0.4, -0.2) is 29.2 Å². The lowest BCUT2D eigenvalue weighted by Crippen LogP contribution is -2.05. The zero-order chi connectivity index (χ0) is 22.5. The Labute approximate surface area is 190 Å². The molecule has 0 bridgehead atoms. The van der Waals surface area contributed by atoms with Crippen LogP contribution in [0.4, 0.5) is 4.39 Å². The third-order valence-electron chi connectivity index (χ3n) is 4.98. The third kappa shape index (κ3) is 4.94. The molecule has 164 valence electrons. The summed E-state index contributed by atoms with van der Waals surface area (Å²) in [5, 5.41) is 0.793. The maximum absolute atomic E-state index is 13.8. The lowest BCUT2D eigenvalue weighted by atomic mass is 10.2. The largest absolute Gasteiger partial charge is 0.497 e. The molecule has 32 heavy (non-hydrogen) atoms. The first-order valence-electron chi connectivity index (χ1n) is 10.2. The van der Waals surface area contributed by atoms with Crippen LogP contribution < -0.4 is 4.74 Å². The molecular weight excluding hydrogens is 427 g/mol. The number of aromatic nitrogens is 2. The first-order valence-corrected chi connectivity index (χ1v) is 11.2. The van der Waals surface area contributed by atoms with Crippen LogP contribution in [0.1, 0.15) is 28.4 Å². The zero-order valence-corrected chi connectivity index (χ0v) is 18.7. The number of rotatable bonds is 8. The maximum atomic E-state index is 13.8. The smallest absolute Gasteiger partial charge is 0.338 e. The maximum Gasteiger partial charge on any atom is 0.338 e. The Balaban J connectivity index is 1.68. The van der Waals surface area contributed by atoms with Gasteiger partial charge in [0, 0.05) is 5.75 Å². The predicted octanol–water partition coefficient (Wildman–Crippen LogP) is 5.70. The minimum absolute atomic E-state index is 0.274. The number of esters is 1. The molecule has 4 rings (SSSR count). The Kier molecular flexibility index (Phi) is 6.75. The quantitative estimate of drug-likeness (QED) is 0.255. The highest BCUT2D eigenvalue weighted by Crippen LogP contribution is 2.29. The number of benzene rings is 3. The number of hydrogen-bond donors (Lipinski definition) is 0. The van der Waals surface area contributed by atoms with Gasteiger partial charge in [0.15, 0.2) is 5.16 Å². The van der Waals surface area contributed by atoms with E-state index in [1.165, 1.54) is 12.1 Å². The molecule has 3 aromatic carbocycles. The Morgan fingerprint density at radius 1 is 1.06 bits per heavy atom. The number of thioether (sulfide) groups is 1. The molecule has 0 aliphatic carbocycles.